The smallest absolute Gasteiger partial charge is 0.341 e. The van der Waals surface area contributed by atoms with Gasteiger partial charge in [-0.2, -0.15) is 0 Å². The molecule has 0 radical (unpaired) electrons. The number of carbonyl (C=O) groups excluding carboxylic acids is 2. The monoisotopic (exact) mass is 396 g/mol. The van der Waals surface area contributed by atoms with E-state index in [2.05, 4.69) is 10.3 Å². The number of ether oxygens (including phenoxy) is 2. The van der Waals surface area contributed by atoms with E-state index in [1.807, 2.05) is 41.8 Å². The molecule has 2 heterocycles. The van der Waals surface area contributed by atoms with Crippen molar-refractivity contribution in [2.45, 2.75) is 13.3 Å². The van der Waals surface area contributed by atoms with Gasteiger partial charge in [0, 0.05) is 23.3 Å². The molecule has 0 bridgehead atoms. The molecule has 0 unspecified atom stereocenters. The minimum atomic E-state index is -0.466. The Balaban J connectivity index is 1.85. The molecule has 1 amide bonds. The first-order valence-electron chi connectivity index (χ1n) is 8.74. The highest BCUT2D eigenvalue weighted by Gasteiger charge is 2.22. The van der Waals surface area contributed by atoms with E-state index >= 15 is 0 Å². The second kappa shape index (κ2) is 9.14. The Morgan fingerprint density at radius 3 is 2.68 bits per heavy atom. The molecule has 7 heteroatoms. The second-order valence-corrected chi connectivity index (χ2v) is 6.77. The molecule has 0 atom stereocenters. The van der Waals surface area contributed by atoms with E-state index in [4.69, 9.17) is 9.47 Å². The molecule has 3 rings (SSSR count). The SMILES string of the molecule is CCOC(=O)c1c(-c2ccncc2)csc1NC(=O)Cc1cccc(OC)c1. The van der Waals surface area contributed by atoms with Gasteiger partial charge in [-0.25, -0.2) is 4.79 Å². The van der Waals surface area contributed by atoms with Gasteiger partial charge in [-0.15, -0.1) is 11.3 Å². The lowest BCUT2D eigenvalue weighted by Crippen LogP contribution is -2.16. The highest BCUT2D eigenvalue weighted by atomic mass is 32.1. The molecule has 3 aromatic rings. The largest absolute Gasteiger partial charge is 0.497 e. The number of rotatable bonds is 7. The van der Waals surface area contributed by atoms with Crippen LogP contribution in [-0.4, -0.2) is 30.6 Å². The first-order valence-corrected chi connectivity index (χ1v) is 9.62. The summed E-state index contributed by atoms with van der Waals surface area (Å²) >= 11 is 1.29. The van der Waals surface area contributed by atoms with Crippen LogP contribution in [-0.2, 0) is 16.0 Å². The molecule has 0 aliphatic carbocycles. The number of esters is 1. The predicted octanol–water partition coefficient (Wildman–Crippen LogP) is 4.18. The van der Waals surface area contributed by atoms with Crippen LogP contribution in [0.3, 0.4) is 0 Å². The molecule has 2 aromatic heterocycles. The first kappa shape index (κ1) is 19.6. The topological polar surface area (TPSA) is 77.5 Å². The first-order chi connectivity index (χ1) is 13.6. The molecular formula is C21H20N2O4S. The summed E-state index contributed by atoms with van der Waals surface area (Å²) in [7, 11) is 1.58. The zero-order valence-corrected chi connectivity index (χ0v) is 16.4. The van der Waals surface area contributed by atoms with Crippen molar-refractivity contribution in [1.29, 1.82) is 0 Å². The number of thiophene rings is 1. The number of hydrogen-bond donors (Lipinski definition) is 1. The van der Waals surface area contributed by atoms with Gasteiger partial charge in [-0.05, 0) is 42.3 Å². The maximum Gasteiger partial charge on any atom is 0.341 e. The summed E-state index contributed by atoms with van der Waals surface area (Å²) in [5, 5.41) is 5.15. The van der Waals surface area contributed by atoms with Gasteiger partial charge in [0.1, 0.15) is 16.3 Å². The third kappa shape index (κ3) is 4.55. The van der Waals surface area contributed by atoms with Crippen molar-refractivity contribution < 1.29 is 19.1 Å². The average molecular weight is 396 g/mol. The molecule has 0 spiro atoms. The minimum absolute atomic E-state index is 0.169. The standard InChI is InChI=1S/C21H20N2O4S/c1-3-27-21(25)19-17(15-7-9-22-10-8-15)13-28-20(19)23-18(24)12-14-5-4-6-16(11-14)26-2/h4-11,13H,3,12H2,1-2H3,(H,23,24). The van der Waals surface area contributed by atoms with E-state index in [-0.39, 0.29) is 18.9 Å². The van der Waals surface area contributed by atoms with Gasteiger partial charge in [0.2, 0.25) is 5.91 Å². The summed E-state index contributed by atoms with van der Waals surface area (Å²) in [6.45, 7) is 2.00. The fourth-order valence-electron chi connectivity index (χ4n) is 2.74. The number of methoxy groups -OCH3 is 1. The number of hydrogen-bond acceptors (Lipinski definition) is 6. The van der Waals surface area contributed by atoms with E-state index in [1.165, 1.54) is 11.3 Å². The molecule has 144 valence electrons. The van der Waals surface area contributed by atoms with Crippen LogP contribution < -0.4 is 10.1 Å². The summed E-state index contributed by atoms with van der Waals surface area (Å²) < 4.78 is 10.4. The van der Waals surface area contributed by atoms with Gasteiger partial charge in [0.25, 0.3) is 0 Å². The van der Waals surface area contributed by atoms with Crippen molar-refractivity contribution in [3.8, 4) is 16.9 Å². The maximum absolute atomic E-state index is 12.6. The lowest BCUT2D eigenvalue weighted by atomic mass is 10.1. The van der Waals surface area contributed by atoms with Crippen LogP contribution in [0.1, 0.15) is 22.8 Å². The summed E-state index contributed by atoms with van der Waals surface area (Å²) in [6.07, 6.45) is 3.48. The van der Waals surface area contributed by atoms with E-state index in [1.54, 1.807) is 26.4 Å². The summed E-state index contributed by atoms with van der Waals surface area (Å²) in [5.41, 5.74) is 2.72. The highest BCUT2D eigenvalue weighted by molar-refractivity contribution is 7.15. The van der Waals surface area contributed by atoms with Crippen LogP contribution in [0.25, 0.3) is 11.1 Å². The molecular weight excluding hydrogens is 376 g/mol. The Kier molecular flexibility index (Phi) is 6.39. The quantitative estimate of drug-likeness (QED) is 0.606. The Bertz CT molecular complexity index is 970. The zero-order valence-electron chi connectivity index (χ0n) is 15.6. The highest BCUT2D eigenvalue weighted by Crippen LogP contribution is 2.36. The van der Waals surface area contributed by atoms with Crippen molar-refractivity contribution in [2.24, 2.45) is 0 Å². The molecule has 6 nitrogen and oxygen atoms in total. The number of anilines is 1. The van der Waals surface area contributed by atoms with E-state index in [9.17, 15) is 9.59 Å². The Morgan fingerprint density at radius 1 is 1.18 bits per heavy atom. The average Bonchev–Trinajstić information content (AvgIpc) is 3.12. The lowest BCUT2D eigenvalue weighted by molar-refractivity contribution is -0.115. The molecule has 1 N–H and O–H groups in total. The fourth-order valence-corrected chi connectivity index (χ4v) is 3.71. The number of amides is 1. The van der Waals surface area contributed by atoms with Gasteiger partial charge in [-0.3, -0.25) is 9.78 Å². The zero-order chi connectivity index (χ0) is 19.9. The van der Waals surface area contributed by atoms with Crippen LogP contribution in [0.2, 0.25) is 0 Å². The normalized spacial score (nSPS) is 10.4. The third-order valence-electron chi connectivity index (χ3n) is 4.01. The van der Waals surface area contributed by atoms with Crippen LogP contribution in [0.15, 0.2) is 54.2 Å². The lowest BCUT2D eigenvalue weighted by Gasteiger charge is -2.09. The Labute approximate surface area is 167 Å². The Morgan fingerprint density at radius 2 is 1.96 bits per heavy atom. The van der Waals surface area contributed by atoms with Gasteiger partial charge >= 0.3 is 5.97 Å². The van der Waals surface area contributed by atoms with Crippen molar-refractivity contribution in [1.82, 2.24) is 4.98 Å². The molecule has 0 aliphatic heterocycles. The van der Waals surface area contributed by atoms with Crippen molar-refractivity contribution in [2.75, 3.05) is 19.0 Å². The molecule has 0 fully saturated rings. The third-order valence-corrected chi connectivity index (χ3v) is 4.91. The van der Waals surface area contributed by atoms with Crippen molar-refractivity contribution >= 4 is 28.2 Å². The predicted molar refractivity (Wildman–Crippen MR) is 109 cm³/mol. The van der Waals surface area contributed by atoms with E-state index in [0.717, 1.165) is 11.1 Å². The van der Waals surface area contributed by atoms with Gasteiger partial charge in [0.15, 0.2) is 0 Å². The summed E-state index contributed by atoms with van der Waals surface area (Å²) in [4.78, 5) is 29.1. The van der Waals surface area contributed by atoms with Crippen LogP contribution >= 0.6 is 11.3 Å². The Hall–Kier alpha value is -3.19. The van der Waals surface area contributed by atoms with Gasteiger partial charge in [0.05, 0.1) is 20.1 Å². The number of benzene rings is 1. The molecule has 1 aromatic carbocycles. The number of nitrogens with zero attached hydrogens (tertiary/aromatic N) is 1. The molecule has 0 saturated carbocycles. The van der Waals surface area contributed by atoms with Crippen LogP contribution in [0.4, 0.5) is 5.00 Å². The summed E-state index contributed by atoms with van der Waals surface area (Å²) in [6, 6.07) is 10.9. The van der Waals surface area contributed by atoms with Crippen molar-refractivity contribution in [3.05, 3.63) is 65.3 Å². The van der Waals surface area contributed by atoms with Crippen LogP contribution in [0.5, 0.6) is 5.75 Å². The summed E-state index contributed by atoms with van der Waals surface area (Å²) in [5.74, 6) is 0.00258. The molecule has 0 aliphatic rings. The van der Waals surface area contributed by atoms with Crippen molar-refractivity contribution in [3.63, 3.8) is 0 Å². The number of nitrogens with one attached hydrogen (secondary N) is 1. The second-order valence-electron chi connectivity index (χ2n) is 5.89. The number of aromatic nitrogens is 1. The number of carbonyl (C=O) groups is 2. The van der Waals surface area contributed by atoms with Crippen LogP contribution in [0, 0.1) is 0 Å². The number of pyridine rings is 1. The van der Waals surface area contributed by atoms with E-state index < -0.39 is 5.97 Å². The fraction of sp³-hybridized carbons (Fsp3) is 0.190. The maximum atomic E-state index is 12.6. The molecule has 0 saturated heterocycles. The van der Waals surface area contributed by atoms with Gasteiger partial charge < -0.3 is 14.8 Å². The van der Waals surface area contributed by atoms with Gasteiger partial charge in [-0.1, -0.05) is 12.1 Å². The molecule has 28 heavy (non-hydrogen) atoms. The van der Waals surface area contributed by atoms with E-state index in [0.29, 0.717) is 21.9 Å². The minimum Gasteiger partial charge on any atom is -0.497 e.